The average molecular weight is 178 g/mol. The molecule has 0 aliphatic carbocycles. The normalized spacial score (nSPS) is 30.0. The predicted molar refractivity (Wildman–Crippen MR) is 44.6 cm³/mol. The summed E-state index contributed by atoms with van der Waals surface area (Å²) in [5.74, 6) is 2.33. The standard InChI is InChI=1S/C4H10N4S2/c1-3-9-7(5-1)8-6-2-4-10-8/h5-6H,1-4H2. The van der Waals surface area contributed by atoms with E-state index in [4.69, 9.17) is 0 Å². The van der Waals surface area contributed by atoms with Gasteiger partial charge >= 0.3 is 0 Å². The van der Waals surface area contributed by atoms with E-state index in [-0.39, 0.29) is 0 Å². The zero-order valence-corrected chi connectivity index (χ0v) is 7.17. The van der Waals surface area contributed by atoms with E-state index >= 15 is 0 Å². The molecule has 0 unspecified atom stereocenters. The van der Waals surface area contributed by atoms with Crippen molar-refractivity contribution in [2.75, 3.05) is 24.6 Å². The zero-order valence-electron chi connectivity index (χ0n) is 5.54. The van der Waals surface area contributed by atoms with Gasteiger partial charge in [-0.05, 0) is 23.9 Å². The minimum absolute atomic E-state index is 1.07. The Balaban J connectivity index is 1.85. The molecular weight excluding hydrogens is 168 g/mol. The van der Waals surface area contributed by atoms with E-state index in [1.165, 1.54) is 11.5 Å². The Morgan fingerprint density at radius 3 is 1.70 bits per heavy atom. The molecule has 2 rings (SSSR count). The number of hydrogen-bond acceptors (Lipinski definition) is 6. The fraction of sp³-hybridized carbons (Fsp3) is 1.00. The summed E-state index contributed by atoms with van der Waals surface area (Å²) in [7, 11) is 0. The Labute approximate surface area is 68.9 Å². The highest BCUT2D eigenvalue weighted by Crippen LogP contribution is 2.22. The van der Waals surface area contributed by atoms with E-state index in [1.54, 1.807) is 23.9 Å². The van der Waals surface area contributed by atoms with Crippen LogP contribution in [0, 0.1) is 0 Å². The second-order valence-electron chi connectivity index (χ2n) is 2.03. The molecule has 6 heteroatoms. The lowest BCUT2D eigenvalue weighted by molar-refractivity contribution is 0.109. The van der Waals surface area contributed by atoms with Crippen LogP contribution < -0.4 is 10.9 Å². The molecular formula is C4H10N4S2. The van der Waals surface area contributed by atoms with E-state index in [0.29, 0.717) is 0 Å². The molecule has 0 radical (unpaired) electrons. The molecule has 0 saturated carbocycles. The van der Waals surface area contributed by atoms with Crippen molar-refractivity contribution >= 4 is 23.9 Å². The third kappa shape index (κ3) is 1.41. The van der Waals surface area contributed by atoms with Gasteiger partial charge in [0.2, 0.25) is 0 Å². The van der Waals surface area contributed by atoms with Crippen LogP contribution in [0.2, 0.25) is 0 Å². The van der Waals surface area contributed by atoms with Crippen molar-refractivity contribution in [2.45, 2.75) is 0 Å². The van der Waals surface area contributed by atoms with Crippen molar-refractivity contribution in [3.05, 3.63) is 0 Å². The van der Waals surface area contributed by atoms with Gasteiger partial charge in [-0.1, -0.05) is 9.05 Å². The smallest absolute Gasteiger partial charge is 0.0249 e. The topological polar surface area (TPSA) is 30.5 Å². The highest BCUT2D eigenvalue weighted by molar-refractivity contribution is 8.00. The molecule has 2 aliphatic heterocycles. The van der Waals surface area contributed by atoms with Gasteiger partial charge in [-0.25, -0.2) is 10.9 Å². The molecule has 0 aromatic heterocycles. The van der Waals surface area contributed by atoms with Crippen molar-refractivity contribution in [3.63, 3.8) is 0 Å². The summed E-state index contributed by atoms with van der Waals surface area (Å²) in [4.78, 5) is 0. The second kappa shape index (κ2) is 3.29. The van der Waals surface area contributed by atoms with Crippen LogP contribution in [0.4, 0.5) is 0 Å². The quantitative estimate of drug-likeness (QED) is 0.543. The fourth-order valence-electron chi connectivity index (χ4n) is 0.871. The number of rotatable bonds is 1. The van der Waals surface area contributed by atoms with Crippen molar-refractivity contribution < 1.29 is 0 Å². The molecule has 0 aromatic carbocycles. The van der Waals surface area contributed by atoms with E-state index in [9.17, 15) is 0 Å². The third-order valence-electron chi connectivity index (χ3n) is 1.29. The van der Waals surface area contributed by atoms with Gasteiger partial charge in [0.15, 0.2) is 0 Å². The molecule has 0 atom stereocenters. The van der Waals surface area contributed by atoms with Crippen LogP contribution in [-0.4, -0.2) is 33.6 Å². The van der Waals surface area contributed by atoms with Crippen molar-refractivity contribution in [2.24, 2.45) is 0 Å². The van der Waals surface area contributed by atoms with Gasteiger partial charge in [0.1, 0.15) is 0 Å². The zero-order chi connectivity index (χ0) is 6.81. The van der Waals surface area contributed by atoms with E-state index in [1.807, 2.05) is 0 Å². The molecule has 0 bridgehead atoms. The molecule has 2 N–H and O–H groups in total. The maximum atomic E-state index is 3.24. The first-order valence-electron chi connectivity index (χ1n) is 3.30. The van der Waals surface area contributed by atoms with E-state index < -0.39 is 0 Å². The SMILES string of the molecule is C1CSN(N2NCCS2)N1. The number of nitrogens with one attached hydrogen (secondary N) is 2. The maximum Gasteiger partial charge on any atom is 0.0249 e. The van der Waals surface area contributed by atoms with Crippen LogP contribution >= 0.6 is 23.9 Å². The largest absolute Gasteiger partial charge is 0.228 e. The Morgan fingerprint density at radius 2 is 1.40 bits per heavy atom. The summed E-state index contributed by atoms with van der Waals surface area (Å²) < 4.78 is 4.11. The Bertz CT molecular complexity index is 95.8. The minimum atomic E-state index is 1.07. The molecule has 2 saturated heterocycles. The molecule has 0 amide bonds. The summed E-state index contributed by atoms with van der Waals surface area (Å²) in [5.41, 5.74) is 6.47. The molecule has 10 heavy (non-hydrogen) atoms. The highest BCUT2D eigenvalue weighted by Gasteiger charge is 2.23. The van der Waals surface area contributed by atoms with Crippen LogP contribution in [0.25, 0.3) is 0 Å². The van der Waals surface area contributed by atoms with E-state index in [2.05, 4.69) is 19.9 Å². The Hall–Kier alpha value is 0.540. The lowest BCUT2D eigenvalue weighted by Crippen LogP contribution is -2.43. The van der Waals surface area contributed by atoms with Crippen LogP contribution in [-0.2, 0) is 0 Å². The van der Waals surface area contributed by atoms with Gasteiger partial charge in [0, 0.05) is 24.6 Å². The summed E-state index contributed by atoms with van der Waals surface area (Å²) in [6.07, 6.45) is 0. The second-order valence-corrected chi connectivity index (χ2v) is 4.05. The predicted octanol–water partition coefficient (Wildman–Crippen LogP) is -0.162. The first-order valence-corrected chi connectivity index (χ1v) is 5.18. The van der Waals surface area contributed by atoms with Gasteiger partial charge in [0.25, 0.3) is 0 Å². The van der Waals surface area contributed by atoms with Crippen molar-refractivity contribution in [3.8, 4) is 0 Å². The van der Waals surface area contributed by atoms with Crippen molar-refractivity contribution in [1.82, 2.24) is 19.9 Å². The Kier molecular flexibility index (Phi) is 2.37. The lowest BCUT2D eigenvalue weighted by atomic mass is 10.8. The fourth-order valence-corrected chi connectivity index (χ4v) is 2.56. The summed E-state index contributed by atoms with van der Waals surface area (Å²) in [5, 5.41) is 0. The van der Waals surface area contributed by atoms with Crippen molar-refractivity contribution in [1.29, 1.82) is 0 Å². The van der Waals surface area contributed by atoms with Crippen LogP contribution in [0.1, 0.15) is 0 Å². The molecule has 0 spiro atoms. The van der Waals surface area contributed by atoms with Gasteiger partial charge in [-0.15, -0.1) is 0 Å². The first-order chi connectivity index (χ1) is 4.97. The third-order valence-corrected chi connectivity index (χ3v) is 3.24. The summed E-state index contributed by atoms with van der Waals surface area (Å²) in [6.45, 7) is 2.15. The summed E-state index contributed by atoms with van der Waals surface area (Å²) >= 11 is 3.61. The maximum absolute atomic E-state index is 3.24. The highest BCUT2D eigenvalue weighted by atomic mass is 32.2. The van der Waals surface area contributed by atoms with Gasteiger partial charge < -0.3 is 0 Å². The van der Waals surface area contributed by atoms with Crippen LogP contribution in [0.15, 0.2) is 0 Å². The molecule has 4 nitrogen and oxygen atoms in total. The number of hydrogen-bond donors (Lipinski definition) is 2. The Morgan fingerprint density at radius 1 is 0.900 bits per heavy atom. The monoisotopic (exact) mass is 178 g/mol. The minimum Gasteiger partial charge on any atom is -0.228 e. The van der Waals surface area contributed by atoms with Gasteiger partial charge in [-0.2, -0.15) is 0 Å². The van der Waals surface area contributed by atoms with Gasteiger partial charge in [0.05, 0.1) is 0 Å². The van der Waals surface area contributed by atoms with Gasteiger partial charge in [-0.3, -0.25) is 0 Å². The summed E-state index contributed by atoms with van der Waals surface area (Å²) in [6, 6.07) is 0. The molecule has 2 aliphatic rings. The molecule has 2 heterocycles. The van der Waals surface area contributed by atoms with E-state index in [0.717, 1.165) is 13.1 Å². The molecule has 2 fully saturated rings. The number of hydrazine groups is 3. The lowest BCUT2D eigenvalue weighted by Gasteiger charge is -2.22. The average Bonchev–Trinajstić information content (AvgIpc) is 2.59. The molecule has 0 aromatic rings. The molecule has 58 valence electrons. The van der Waals surface area contributed by atoms with Crippen LogP contribution in [0.3, 0.4) is 0 Å². The number of nitrogens with zero attached hydrogens (tertiary/aromatic N) is 2. The van der Waals surface area contributed by atoms with Crippen LogP contribution in [0.5, 0.6) is 0 Å². The first kappa shape index (κ1) is 7.20.